The molecular weight excluding hydrogens is 580 g/mol. The monoisotopic (exact) mass is 618 g/mol. The van der Waals surface area contributed by atoms with Gasteiger partial charge in [-0.3, -0.25) is 24.6 Å². The minimum absolute atomic E-state index is 0.0333. The van der Waals surface area contributed by atoms with Crippen molar-refractivity contribution in [1.82, 2.24) is 4.90 Å². The lowest BCUT2D eigenvalue weighted by Crippen LogP contribution is -2.49. The van der Waals surface area contributed by atoms with E-state index in [9.17, 15) is 24.8 Å². The zero-order valence-corrected chi connectivity index (χ0v) is 24.9. The van der Waals surface area contributed by atoms with Gasteiger partial charge < -0.3 is 29.9 Å². The second-order valence-electron chi connectivity index (χ2n) is 11.3. The van der Waals surface area contributed by atoms with Crippen LogP contribution in [0, 0.1) is 10.1 Å². The maximum absolute atomic E-state index is 12.2. The lowest BCUT2D eigenvalue weighted by Gasteiger charge is -2.41. The Kier molecular flexibility index (Phi) is 10.7. The summed E-state index contributed by atoms with van der Waals surface area (Å²) in [5, 5.41) is 32.1. The summed E-state index contributed by atoms with van der Waals surface area (Å²) in [6.45, 7) is 3.90. The number of carboxylic acid groups (broad SMARTS) is 1. The van der Waals surface area contributed by atoms with E-state index in [-0.39, 0.29) is 49.7 Å². The number of carbonyl (C=O) groups is 2. The van der Waals surface area contributed by atoms with Gasteiger partial charge in [-0.15, -0.1) is 0 Å². The third-order valence-corrected chi connectivity index (χ3v) is 8.14. The van der Waals surface area contributed by atoms with Crippen LogP contribution in [0.3, 0.4) is 0 Å². The Morgan fingerprint density at radius 3 is 2.18 bits per heavy atom. The zero-order chi connectivity index (χ0) is 31.8. The number of anilines is 2. The molecule has 238 valence electrons. The number of benzene rings is 3. The number of aliphatic hydroxyl groups excluding tert-OH is 1. The van der Waals surface area contributed by atoms with Gasteiger partial charge in [0.1, 0.15) is 0 Å². The third kappa shape index (κ3) is 8.85. The summed E-state index contributed by atoms with van der Waals surface area (Å²) in [6, 6.07) is 21.7. The van der Waals surface area contributed by atoms with Crippen LogP contribution in [0.25, 0.3) is 0 Å². The Balaban J connectivity index is 1.22. The van der Waals surface area contributed by atoms with Crippen LogP contribution in [-0.2, 0) is 25.7 Å². The van der Waals surface area contributed by atoms with Gasteiger partial charge in [0, 0.05) is 81.1 Å². The molecule has 2 aliphatic rings. The van der Waals surface area contributed by atoms with E-state index in [1.54, 1.807) is 24.3 Å². The van der Waals surface area contributed by atoms with E-state index >= 15 is 0 Å². The molecule has 12 heteroatoms. The number of nitro groups is 1. The van der Waals surface area contributed by atoms with E-state index in [2.05, 4.69) is 15.1 Å². The molecule has 3 aromatic carbocycles. The number of aliphatic hydroxyl groups is 1. The Morgan fingerprint density at radius 2 is 1.56 bits per heavy atom. The van der Waals surface area contributed by atoms with Crippen LogP contribution in [0.4, 0.5) is 17.1 Å². The van der Waals surface area contributed by atoms with Crippen LogP contribution in [0.2, 0.25) is 0 Å². The van der Waals surface area contributed by atoms with E-state index in [1.807, 2.05) is 36.4 Å². The van der Waals surface area contributed by atoms with E-state index < -0.39 is 17.2 Å². The molecule has 0 radical (unpaired) electrons. The van der Waals surface area contributed by atoms with E-state index in [0.717, 1.165) is 48.6 Å². The summed E-state index contributed by atoms with van der Waals surface area (Å²) in [5.74, 6) is -1.17. The van der Waals surface area contributed by atoms with Crippen molar-refractivity contribution in [2.45, 2.75) is 50.8 Å². The quantitative estimate of drug-likeness (QED) is 0.193. The first-order chi connectivity index (χ1) is 21.8. The number of carbonyl (C=O) groups excluding carboxylic acids is 1. The summed E-state index contributed by atoms with van der Waals surface area (Å²) in [5.41, 5.74) is 4.28. The lowest BCUT2D eigenvalue weighted by molar-refractivity contribution is -0.384. The number of non-ortho nitro benzene ring substituents is 1. The van der Waals surface area contributed by atoms with Crippen molar-refractivity contribution >= 4 is 28.9 Å². The van der Waals surface area contributed by atoms with Gasteiger partial charge in [0.2, 0.25) is 5.91 Å². The second kappa shape index (κ2) is 15.1. The minimum atomic E-state index is -0.926. The van der Waals surface area contributed by atoms with Crippen LogP contribution in [0.15, 0.2) is 72.8 Å². The lowest BCUT2D eigenvalue weighted by atomic mass is 9.99. The number of amides is 1. The van der Waals surface area contributed by atoms with Gasteiger partial charge in [-0.1, -0.05) is 36.4 Å². The number of aliphatic carboxylic acids is 1. The summed E-state index contributed by atoms with van der Waals surface area (Å²) in [7, 11) is 0. The number of nitro benzene ring substituents is 1. The fourth-order valence-electron chi connectivity index (χ4n) is 5.64. The Bertz CT molecular complexity index is 1440. The summed E-state index contributed by atoms with van der Waals surface area (Å²) >= 11 is 0. The zero-order valence-electron chi connectivity index (χ0n) is 24.9. The fraction of sp³-hybridized carbons (Fsp3) is 0.394. The maximum Gasteiger partial charge on any atom is 0.303 e. The molecule has 45 heavy (non-hydrogen) atoms. The Hall–Kier alpha value is -4.36. The van der Waals surface area contributed by atoms with Gasteiger partial charge >= 0.3 is 5.97 Å². The summed E-state index contributed by atoms with van der Waals surface area (Å²) < 4.78 is 12.9. The molecular formula is C33H38N4O8. The average molecular weight is 619 g/mol. The Morgan fingerprint density at radius 1 is 0.889 bits per heavy atom. The number of piperazine rings is 1. The molecule has 5 rings (SSSR count). The van der Waals surface area contributed by atoms with Gasteiger partial charge in [0.05, 0.1) is 23.7 Å². The molecule has 12 nitrogen and oxygen atoms in total. The van der Waals surface area contributed by atoms with Gasteiger partial charge in [-0.2, -0.15) is 0 Å². The highest BCUT2D eigenvalue weighted by molar-refractivity contribution is 5.90. The van der Waals surface area contributed by atoms with E-state index in [4.69, 9.17) is 14.6 Å². The fourth-order valence-corrected chi connectivity index (χ4v) is 5.64. The van der Waals surface area contributed by atoms with Gasteiger partial charge in [0.15, 0.2) is 6.29 Å². The number of nitrogens with zero attached hydrogens (tertiary/aromatic N) is 3. The van der Waals surface area contributed by atoms with Crippen LogP contribution in [0.1, 0.15) is 54.8 Å². The van der Waals surface area contributed by atoms with Crippen molar-refractivity contribution in [3.05, 3.63) is 99.6 Å². The van der Waals surface area contributed by atoms with Crippen molar-refractivity contribution < 1.29 is 34.2 Å². The SMILES string of the molecule is O=C(O)CCCC(=O)Nc1ccc(C2OC(CN3CCN(c4ccc([N+](=O)[O-])cc4)CC3)CC(c3ccc(CO)cc3)O2)cc1. The standard InChI is InChI=1S/C33H38N4O8/c38-22-23-4-6-24(7-5-23)30-20-29(21-35-16-18-36(19-17-35)27-12-14-28(15-13-27)37(42)43)44-33(45-30)25-8-10-26(11-9-25)34-31(39)2-1-3-32(40)41/h4-15,29-30,33,38H,1-3,16-22H2,(H,34,39)(H,40,41). The smallest absolute Gasteiger partial charge is 0.303 e. The second-order valence-corrected chi connectivity index (χ2v) is 11.3. The first-order valence-corrected chi connectivity index (χ1v) is 15.1. The van der Waals surface area contributed by atoms with Crippen molar-refractivity contribution in [2.75, 3.05) is 42.9 Å². The molecule has 0 aromatic heterocycles. The topological polar surface area (TPSA) is 155 Å². The molecule has 3 atom stereocenters. The van der Waals surface area contributed by atoms with Crippen molar-refractivity contribution in [3.8, 4) is 0 Å². The van der Waals surface area contributed by atoms with Gasteiger partial charge in [0.25, 0.3) is 5.69 Å². The molecule has 0 spiro atoms. The molecule has 0 bridgehead atoms. The molecule has 1 amide bonds. The third-order valence-electron chi connectivity index (χ3n) is 8.14. The van der Waals surface area contributed by atoms with Crippen molar-refractivity contribution in [1.29, 1.82) is 0 Å². The van der Waals surface area contributed by atoms with Crippen LogP contribution in [-0.4, -0.2) is 70.7 Å². The molecule has 3 N–H and O–H groups in total. The maximum atomic E-state index is 12.2. The van der Waals surface area contributed by atoms with Gasteiger partial charge in [-0.25, -0.2) is 0 Å². The molecule has 2 aliphatic heterocycles. The number of rotatable bonds is 12. The first-order valence-electron chi connectivity index (χ1n) is 15.1. The molecule has 2 fully saturated rings. The normalized spacial score (nSPS) is 20.5. The highest BCUT2D eigenvalue weighted by Gasteiger charge is 2.34. The first kappa shape index (κ1) is 32.0. The number of carboxylic acids is 1. The highest BCUT2D eigenvalue weighted by Crippen LogP contribution is 2.38. The molecule has 3 unspecified atom stereocenters. The average Bonchev–Trinajstić information content (AvgIpc) is 3.05. The minimum Gasteiger partial charge on any atom is -0.481 e. The number of ether oxygens (including phenoxy) is 2. The molecule has 0 saturated carbocycles. The van der Waals surface area contributed by atoms with Crippen molar-refractivity contribution in [3.63, 3.8) is 0 Å². The number of nitrogens with one attached hydrogen (secondary N) is 1. The molecule has 2 heterocycles. The van der Waals surface area contributed by atoms with Gasteiger partial charge in [-0.05, 0) is 41.8 Å². The molecule has 0 aliphatic carbocycles. The number of hydrogen-bond donors (Lipinski definition) is 3. The van der Waals surface area contributed by atoms with E-state index in [0.29, 0.717) is 18.7 Å². The number of hydrogen-bond acceptors (Lipinski definition) is 9. The summed E-state index contributed by atoms with van der Waals surface area (Å²) in [4.78, 5) is 38.1. The van der Waals surface area contributed by atoms with Crippen LogP contribution >= 0.6 is 0 Å². The Labute approximate surface area is 261 Å². The van der Waals surface area contributed by atoms with Crippen LogP contribution < -0.4 is 10.2 Å². The predicted molar refractivity (Wildman–Crippen MR) is 167 cm³/mol. The summed E-state index contributed by atoms with van der Waals surface area (Å²) in [6.07, 6.45) is 0.0293. The van der Waals surface area contributed by atoms with E-state index in [1.165, 1.54) is 12.1 Å². The highest BCUT2D eigenvalue weighted by atomic mass is 16.7. The molecule has 3 aromatic rings. The van der Waals surface area contributed by atoms with Crippen LogP contribution in [0.5, 0.6) is 0 Å². The molecule has 2 saturated heterocycles. The van der Waals surface area contributed by atoms with Crippen molar-refractivity contribution in [2.24, 2.45) is 0 Å². The largest absolute Gasteiger partial charge is 0.481 e. The predicted octanol–water partition coefficient (Wildman–Crippen LogP) is 4.65.